The van der Waals surface area contributed by atoms with Gasteiger partial charge in [-0.1, -0.05) is 24.3 Å². The van der Waals surface area contributed by atoms with Crippen LogP contribution in [0.25, 0.3) is 6.08 Å². The highest BCUT2D eigenvalue weighted by molar-refractivity contribution is 7.12. The Morgan fingerprint density at radius 2 is 1.91 bits per heavy atom. The largest absolute Gasteiger partial charge is 0.471 e. The molecule has 1 N–H and O–H groups in total. The summed E-state index contributed by atoms with van der Waals surface area (Å²) in [6.07, 6.45) is -2.14. The number of nitrogens with one attached hydrogen (secondary N) is 1. The Morgan fingerprint density at radius 3 is 2.55 bits per heavy atom. The van der Waals surface area contributed by atoms with Gasteiger partial charge in [-0.05, 0) is 35.2 Å². The highest BCUT2D eigenvalue weighted by atomic mass is 32.1. The zero-order valence-electron chi connectivity index (χ0n) is 11.1. The average molecular weight is 325 g/mol. The molecule has 0 fully saturated rings. The van der Waals surface area contributed by atoms with Crippen molar-refractivity contribution in [3.05, 3.63) is 58.3 Å². The van der Waals surface area contributed by atoms with Crippen LogP contribution in [0, 0.1) is 0 Å². The monoisotopic (exact) mass is 325 g/mol. The Balaban J connectivity index is 2.09. The molecular formula is C15H10F3NO2S. The lowest BCUT2D eigenvalue weighted by molar-refractivity contribution is -0.167. The lowest BCUT2D eigenvalue weighted by Crippen LogP contribution is -2.29. The number of amides is 1. The van der Waals surface area contributed by atoms with Gasteiger partial charge in [-0.2, -0.15) is 13.2 Å². The summed E-state index contributed by atoms with van der Waals surface area (Å²) in [6.45, 7) is 0. The van der Waals surface area contributed by atoms with E-state index in [4.69, 9.17) is 0 Å². The molecule has 0 aliphatic heterocycles. The van der Waals surface area contributed by atoms with Gasteiger partial charge in [0.05, 0.1) is 4.88 Å². The van der Waals surface area contributed by atoms with Crippen LogP contribution in [-0.2, 0) is 4.79 Å². The topological polar surface area (TPSA) is 46.2 Å². The maximum atomic E-state index is 12.2. The Hall–Kier alpha value is -2.41. The summed E-state index contributed by atoms with van der Waals surface area (Å²) < 4.78 is 36.5. The standard InChI is InChI=1S/C15H10F3NO2S/c16-15(17,18)14(21)19-11-4-1-3-10(9-11)6-7-12(20)13-5-2-8-22-13/h1-9H,(H,19,21)/b7-6+. The second kappa shape index (κ2) is 6.57. The van der Waals surface area contributed by atoms with E-state index in [1.165, 1.54) is 41.7 Å². The minimum absolute atomic E-state index is 0.00745. The molecule has 0 atom stereocenters. The van der Waals surface area contributed by atoms with Crippen molar-refractivity contribution in [2.75, 3.05) is 5.32 Å². The normalized spacial score (nSPS) is 11.6. The second-order valence-corrected chi connectivity index (χ2v) is 5.20. The number of anilines is 1. The molecule has 1 heterocycles. The van der Waals surface area contributed by atoms with Crippen molar-refractivity contribution < 1.29 is 22.8 Å². The molecule has 1 amide bonds. The fourth-order valence-electron chi connectivity index (χ4n) is 1.59. The average Bonchev–Trinajstić information content (AvgIpc) is 2.98. The molecule has 0 bridgehead atoms. The minimum Gasteiger partial charge on any atom is -0.318 e. The smallest absolute Gasteiger partial charge is 0.318 e. The third-order valence-corrected chi connectivity index (χ3v) is 3.48. The van der Waals surface area contributed by atoms with Crippen LogP contribution in [0.2, 0.25) is 0 Å². The Morgan fingerprint density at radius 1 is 1.14 bits per heavy atom. The first-order valence-electron chi connectivity index (χ1n) is 6.10. The molecule has 0 saturated carbocycles. The zero-order valence-corrected chi connectivity index (χ0v) is 11.9. The van der Waals surface area contributed by atoms with Crippen molar-refractivity contribution in [2.45, 2.75) is 6.18 Å². The summed E-state index contributed by atoms with van der Waals surface area (Å²) in [5.41, 5.74) is 0.512. The van der Waals surface area contributed by atoms with E-state index < -0.39 is 12.1 Å². The molecule has 0 aliphatic carbocycles. The van der Waals surface area contributed by atoms with Crippen LogP contribution >= 0.6 is 11.3 Å². The number of thiophene rings is 1. The van der Waals surface area contributed by atoms with Gasteiger partial charge in [0.15, 0.2) is 5.78 Å². The quantitative estimate of drug-likeness (QED) is 0.678. The van der Waals surface area contributed by atoms with Crippen molar-refractivity contribution in [2.24, 2.45) is 0 Å². The van der Waals surface area contributed by atoms with Crippen molar-refractivity contribution in [1.29, 1.82) is 0 Å². The Labute approximate surface area is 128 Å². The van der Waals surface area contributed by atoms with E-state index in [9.17, 15) is 22.8 Å². The number of carbonyl (C=O) groups is 2. The molecule has 2 aromatic rings. The van der Waals surface area contributed by atoms with Gasteiger partial charge in [-0.15, -0.1) is 11.3 Å². The third kappa shape index (κ3) is 4.29. The summed E-state index contributed by atoms with van der Waals surface area (Å²) in [5, 5.41) is 3.53. The molecule has 0 radical (unpaired) electrons. The van der Waals surface area contributed by atoms with E-state index in [2.05, 4.69) is 0 Å². The van der Waals surface area contributed by atoms with Crippen LogP contribution in [0.3, 0.4) is 0 Å². The first-order valence-corrected chi connectivity index (χ1v) is 6.98. The number of carbonyl (C=O) groups excluding carboxylic acids is 2. The molecule has 1 aromatic carbocycles. The number of halogens is 3. The van der Waals surface area contributed by atoms with Gasteiger partial charge in [0.1, 0.15) is 0 Å². The number of alkyl halides is 3. The summed E-state index contributed by atoms with van der Waals surface area (Å²) in [7, 11) is 0. The molecule has 0 unspecified atom stereocenters. The third-order valence-electron chi connectivity index (χ3n) is 2.59. The lowest BCUT2D eigenvalue weighted by atomic mass is 10.1. The molecule has 114 valence electrons. The first-order chi connectivity index (χ1) is 10.4. The van der Waals surface area contributed by atoms with Crippen LogP contribution in [0.5, 0.6) is 0 Å². The van der Waals surface area contributed by atoms with Crippen molar-refractivity contribution in [3.63, 3.8) is 0 Å². The number of hydrogen-bond donors (Lipinski definition) is 1. The molecule has 3 nitrogen and oxygen atoms in total. The summed E-state index contributed by atoms with van der Waals surface area (Å²) in [4.78, 5) is 23.2. The van der Waals surface area contributed by atoms with Crippen LogP contribution in [0.1, 0.15) is 15.2 Å². The first kappa shape index (κ1) is 16.0. The van der Waals surface area contributed by atoms with Gasteiger partial charge < -0.3 is 5.32 Å². The Kier molecular flexibility index (Phi) is 4.77. The van der Waals surface area contributed by atoms with Gasteiger partial charge in [0.25, 0.3) is 0 Å². The van der Waals surface area contributed by atoms with E-state index in [0.29, 0.717) is 10.4 Å². The lowest BCUT2D eigenvalue weighted by Gasteiger charge is -2.08. The van der Waals surface area contributed by atoms with Crippen LogP contribution in [-0.4, -0.2) is 17.9 Å². The number of allylic oxidation sites excluding steroid dienone is 1. The summed E-state index contributed by atoms with van der Waals surface area (Å²) >= 11 is 1.30. The van der Waals surface area contributed by atoms with Gasteiger partial charge in [0, 0.05) is 5.69 Å². The van der Waals surface area contributed by atoms with Gasteiger partial charge in [0.2, 0.25) is 0 Å². The summed E-state index contributed by atoms with van der Waals surface area (Å²) in [6, 6.07) is 9.21. The minimum atomic E-state index is -4.94. The predicted octanol–water partition coefficient (Wildman–Crippen LogP) is 4.15. The number of rotatable bonds is 4. The fourth-order valence-corrected chi connectivity index (χ4v) is 2.24. The van der Waals surface area contributed by atoms with E-state index in [1.54, 1.807) is 28.9 Å². The van der Waals surface area contributed by atoms with E-state index >= 15 is 0 Å². The van der Waals surface area contributed by atoms with Crippen LogP contribution in [0.15, 0.2) is 47.9 Å². The molecule has 7 heteroatoms. The van der Waals surface area contributed by atoms with Gasteiger partial charge in [-0.3, -0.25) is 9.59 Å². The molecule has 22 heavy (non-hydrogen) atoms. The van der Waals surface area contributed by atoms with Gasteiger partial charge in [-0.25, -0.2) is 0 Å². The van der Waals surface area contributed by atoms with E-state index in [0.717, 1.165) is 0 Å². The molecule has 0 saturated heterocycles. The fraction of sp³-hybridized carbons (Fsp3) is 0.0667. The predicted molar refractivity (Wildman–Crippen MR) is 78.8 cm³/mol. The van der Waals surface area contributed by atoms with Crippen molar-refractivity contribution in [3.8, 4) is 0 Å². The summed E-state index contributed by atoms with van der Waals surface area (Å²) in [5.74, 6) is -2.23. The maximum Gasteiger partial charge on any atom is 0.471 e. The highest BCUT2D eigenvalue weighted by Gasteiger charge is 2.38. The molecule has 0 spiro atoms. The van der Waals surface area contributed by atoms with E-state index in [1.807, 2.05) is 0 Å². The number of ketones is 1. The molecule has 0 aliphatic rings. The highest BCUT2D eigenvalue weighted by Crippen LogP contribution is 2.19. The molecular weight excluding hydrogens is 315 g/mol. The van der Waals surface area contributed by atoms with E-state index in [-0.39, 0.29) is 11.5 Å². The number of hydrogen-bond acceptors (Lipinski definition) is 3. The zero-order chi connectivity index (χ0) is 16.2. The second-order valence-electron chi connectivity index (χ2n) is 4.25. The number of benzene rings is 1. The van der Waals surface area contributed by atoms with Crippen molar-refractivity contribution >= 4 is 34.8 Å². The maximum absolute atomic E-state index is 12.2. The van der Waals surface area contributed by atoms with Crippen molar-refractivity contribution in [1.82, 2.24) is 0 Å². The SMILES string of the molecule is O=C(/C=C/c1cccc(NC(=O)C(F)(F)F)c1)c1cccs1. The Bertz CT molecular complexity index is 706. The van der Waals surface area contributed by atoms with Crippen LogP contribution in [0.4, 0.5) is 18.9 Å². The molecule has 2 rings (SSSR count). The van der Waals surface area contributed by atoms with Crippen LogP contribution < -0.4 is 5.32 Å². The molecule has 1 aromatic heterocycles. The van der Waals surface area contributed by atoms with Gasteiger partial charge >= 0.3 is 12.1 Å².